The number of aromatic nitrogens is 1. The molecule has 0 saturated heterocycles. The molecule has 0 amide bonds. The molecule has 1 fully saturated rings. The van der Waals surface area contributed by atoms with Gasteiger partial charge in [-0.15, -0.1) is 11.3 Å². The van der Waals surface area contributed by atoms with E-state index >= 15 is 0 Å². The standard InChI is InChI=1S/C20H26N4O2S/c1-13-14(2)27-18(24-13)6-9-22-19(21-3)23-11-20(7-8-20)15-4-5-16-17(10-15)26-12-25-16/h4-5,10H,6-9,11-12H2,1-3H3,(H2,21,22,23). The number of thiazole rings is 1. The molecule has 2 aromatic rings. The molecule has 2 aliphatic rings. The molecule has 7 heteroatoms. The molecule has 1 aliphatic carbocycles. The molecule has 1 aliphatic heterocycles. The maximum atomic E-state index is 5.53. The van der Waals surface area contributed by atoms with Crippen LogP contribution in [0.2, 0.25) is 0 Å². The van der Waals surface area contributed by atoms with Crippen molar-refractivity contribution in [2.45, 2.75) is 38.5 Å². The maximum Gasteiger partial charge on any atom is 0.231 e. The first-order valence-electron chi connectivity index (χ1n) is 9.37. The smallest absolute Gasteiger partial charge is 0.231 e. The van der Waals surface area contributed by atoms with Crippen LogP contribution in [0.15, 0.2) is 23.2 Å². The lowest BCUT2D eigenvalue weighted by molar-refractivity contribution is 0.174. The second-order valence-corrected chi connectivity index (χ2v) is 8.49. The van der Waals surface area contributed by atoms with E-state index < -0.39 is 0 Å². The van der Waals surface area contributed by atoms with Gasteiger partial charge in [0, 0.05) is 36.9 Å². The van der Waals surface area contributed by atoms with E-state index in [4.69, 9.17) is 9.47 Å². The lowest BCUT2D eigenvalue weighted by Gasteiger charge is -2.19. The predicted octanol–water partition coefficient (Wildman–Crippen LogP) is 2.93. The number of rotatable bonds is 6. The molecule has 1 aromatic carbocycles. The zero-order valence-electron chi connectivity index (χ0n) is 16.1. The number of aliphatic imine (C=N–C) groups is 1. The number of aryl methyl sites for hydroxylation is 2. The lowest BCUT2D eigenvalue weighted by Crippen LogP contribution is -2.41. The van der Waals surface area contributed by atoms with Crippen molar-refractivity contribution in [2.75, 3.05) is 26.9 Å². The molecule has 6 nitrogen and oxygen atoms in total. The number of benzene rings is 1. The van der Waals surface area contributed by atoms with Gasteiger partial charge >= 0.3 is 0 Å². The van der Waals surface area contributed by atoms with Crippen LogP contribution >= 0.6 is 11.3 Å². The molecule has 144 valence electrons. The fourth-order valence-corrected chi connectivity index (χ4v) is 4.29. The highest BCUT2D eigenvalue weighted by Crippen LogP contribution is 2.49. The van der Waals surface area contributed by atoms with Crippen LogP contribution in [-0.4, -0.2) is 37.9 Å². The highest BCUT2D eigenvalue weighted by atomic mass is 32.1. The topological polar surface area (TPSA) is 67.8 Å². The van der Waals surface area contributed by atoms with Crippen molar-refractivity contribution in [1.82, 2.24) is 15.6 Å². The van der Waals surface area contributed by atoms with Crippen LogP contribution < -0.4 is 20.1 Å². The third-order valence-corrected chi connectivity index (χ3v) is 6.49. The van der Waals surface area contributed by atoms with E-state index in [0.717, 1.165) is 42.7 Å². The van der Waals surface area contributed by atoms with Crippen molar-refractivity contribution in [2.24, 2.45) is 4.99 Å². The summed E-state index contributed by atoms with van der Waals surface area (Å²) >= 11 is 1.77. The average molecular weight is 387 g/mol. The molecular weight excluding hydrogens is 360 g/mol. The maximum absolute atomic E-state index is 5.53. The molecule has 0 atom stereocenters. The Labute approximate surface area is 164 Å². The molecule has 1 saturated carbocycles. The number of nitrogens with one attached hydrogen (secondary N) is 2. The number of hydrogen-bond donors (Lipinski definition) is 2. The van der Waals surface area contributed by atoms with Crippen LogP contribution in [0.4, 0.5) is 0 Å². The molecule has 27 heavy (non-hydrogen) atoms. The van der Waals surface area contributed by atoms with Crippen molar-refractivity contribution in [1.29, 1.82) is 0 Å². The van der Waals surface area contributed by atoms with Gasteiger partial charge < -0.3 is 20.1 Å². The van der Waals surface area contributed by atoms with E-state index in [0.29, 0.717) is 6.79 Å². The minimum Gasteiger partial charge on any atom is -0.454 e. The first-order valence-corrected chi connectivity index (χ1v) is 10.2. The van der Waals surface area contributed by atoms with Gasteiger partial charge in [-0.1, -0.05) is 6.07 Å². The molecule has 2 heterocycles. The molecular formula is C20H26N4O2S. The zero-order valence-corrected chi connectivity index (χ0v) is 16.9. The molecule has 2 N–H and O–H groups in total. The van der Waals surface area contributed by atoms with Crippen LogP contribution in [0.3, 0.4) is 0 Å². The summed E-state index contributed by atoms with van der Waals surface area (Å²) in [5, 5.41) is 8.07. The first kappa shape index (κ1) is 18.1. The van der Waals surface area contributed by atoms with E-state index in [1.807, 2.05) is 13.1 Å². The number of hydrogen-bond acceptors (Lipinski definition) is 5. The molecule has 0 unspecified atom stereocenters. The largest absolute Gasteiger partial charge is 0.454 e. The summed E-state index contributed by atoms with van der Waals surface area (Å²) in [5.74, 6) is 2.54. The summed E-state index contributed by atoms with van der Waals surface area (Å²) < 4.78 is 11.0. The predicted molar refractivity (Wildman–Crippen MR) is 108 cm³/mol. The number of nitrogens with zero attached hydrogens (tertiary/aromatic N) is 2. The van der Waals surface area contributed by atoms with Crippen molar-refractivity contribution >= 4 is 17.3 Å². The fraction of sp³-hybridized carbons (Fsp3) is 0.500. The van der Waals surface area contributed by atoms with Crippen LogP contribution in [0.5, 0.6) is 11.5 Å². The zero-order chi connectivity index (χ0) is 18.9. The third kappa shape index (κ3) is 3.88. The van der Waals surface area contributed by atoms with E-state index in [2.05, 4.69) is 46.6 Å². The van der Waals surface area contributed by atoms with Gasteiger partial charge in [0.05, 0.1) is 10.7 Å². The Morgan fingerprint density at radius 1 is 1.22 bits per heavy atom. The summed E-state index contributed by atoms with van der Waals surface area (Å²) in [6.07, 6.45) is 3.26. The van der Waals surface area contributed by atoms with Gasteiger partial charge in [0.15, 0.2) is 17.5 Å². The highest BCUT2D eigenvalue weighted by molar-refractivity contribution is 7.11. The molecule has 0 radical (unpaired) electrons. The summed E-state index contributed by atoms with van der Waals surface area (Å²) in [7, 11) is 1.81. The minimum atomic E-state index is 0.169. The Hall–Kier alpha value is -2.28. The van der Waals surface area contributed by atoms with Gasteiger partial charge in [-0.05, 0) is 44.4 Å². The fourth-order valence-electron chi connectivity index (χ4n) is 3.35. The Bertz CT molecular complexity index is 838. The Balaban J connectivity index is 1.30. The Morgan fingerprint density at radius 3 is 2.74 bits per heavy atom. The van der Waals surface area contributed by atoms with Crippen LogP contribution in [0.1, 0.15) is 34.0 Å². The van der Waals surface area contributed by atoms with Crippen LogP contribution in [0.25, 0.3) is 0 Å². The summed E-state index contributed by atoms with van der Waals surface area (Å²) in [6.45, 7) is 6.19. The van der Waals surface area contributed by atoms with E-state index in [1.54, 1.807) is 11.3 Å². The van der Waals surface area contributed by atoms with Gasteiger partial charge in [0.25, 0.3) is 0 Å². The van der Waals surface area contributed by atoms with Crippen molar-refractivity contribution in [3.05, 3.63) is 39.3 Å². The van der Waals surface area contributed by atoms with Crippen LogP contribution in [-0.2, 0) is 11.8 Å². The van der Waals surface area contributed by atoms with Crippen LogP contribution in [0, 0.1) is 13.8 Å². The number of ether oxygens (including phenoxy) is 2. The number of fused-ring (bicyclic) bond motifs is 1. The molecule has 0 bridgehead atoms. The Morgan fingerprint density at radius 2 is 2.04 bits per heavy atom. The second kappa shape index (κ2) is 7.38. The SMILES string of the molecule is CN=C(NCCc1nc(C)c(C)s1)NCC1(c2ccc3c(c2)OCO3)CC1. The van der Waals surface area contributed by atoms with Gasteiger partial charge in [-0.25, -0.2) is 4.98 Å². The van der Waals surface area contributed by atoms with Gasteiger partial charge in [0.2, 0.25) is 6.79 Å². The molecule has 1 aromatic heterocycles. The lowest BCUT2D eigenvalue weighted by atomic mass is 9.95. The first-order chi connectivity index (χ1) is 13.1. The van der Waals surface area contributed by atoms with E-state index in [9.17, 15) is 0 Å². The number of guanidine groups is 1. The average Bonchev–Trinajstić information content (AvgIpc) is 3.19. The molecule has 0 spiro atoms. The van der Waals surface area contributed by atoms with E-state index in [1.165, 1.54) is 28.3 Å². The van der Waals surface area contributed by atoms with Gasteiger partial charge in [-0.3, -0.25) is 4.99 Å². The monoisotopic (exact) mass is 386 g/mol. The van der Waals surface area contributed by atoms with Gasteiger partial charge in [-0.2, -0.15) is 0 Å². The Kier molecular flexibility index (Phi) is 4.95. The van der Waals surface area contributed by atoms with Crippen molar-refractivity contribution < 1.29 is 9.47 Å². The van der Waals surface area contributed by atoms with Crippen molar-refractivity contribution in [3.63, 3.8) is 0 Å². The normalized spacial score (nSPS) is 17.1. The van der Waals surface area contributed by atoms with Crippen molar-refractivity contribution in [3.8, 4) is 11.5 Å². The summed E-state index contributed by atoms with van der Waals surface area (Å²) in [4.78, 5) is 10.2. The van der Waals surface area contributed by atoms with E-state index in [-0.39, 0.29) is 5.41 Å². The summed E-state index contributed by atoms with van der Waals surface area (Å²) in [5.41, 5.74) is 2.61. The summed E-state index contributed by atoms with van der Waals surface area (Å²) in [6, 6.07) is 6.30. The highest BCUT2D eigenvalue weighted by Gasteiger charge is 2.44. The second-order valence-electron chi connectivity index (χ2n) is 7.20. The molecule has 4 rings (SSSR count). The quantitative estimate of drug-likeness (QED) is 0.590. The van der Waals surface area contributed by atoms with Gasteiger partial charge in [0.1, 0.15) is 0 Å². The minimum absolute atomic E-state index is 0.169. The third-order valence-electron chi connectivity index (χ3n) is 5.36.